The monoisotopic (exact) mass is 256 g/mol. The Morgan fingerprint density at radius 3 is 2.68 bits per heavy atom. The van der Waals surface area contributed by atoms with Gasteiger partial charge in [-0.15, -0.1) is 0 Å². The molecule has 0 radical (unpaired) electrons. The molecule has 0 atom stereocenters. The fourth-order valence-corrected chi connectivity index (χ4v) is 2.11. The number of ether oxygens (including phenoxy) is 1. The highest BCUT2D eigenvalue weighted by Crippen LogP contribution is 2.26. The van der Waals surface area contributed by atoms with Gasteiger partial charge in [-0.05, 0) is 19.1 Å². The summed E-state index contributed by atoms with van der Waals surface area (Å²) in [6, 6.07) is 8.62. The molecule has 2 aromatic rings. The van der Waals surface area contributed by atoms with E-state index in [1.807, 2.05) is 12.1 Å². The molecule has 0 unspecified atom stereocenters. The van der Waals surface area contributed by atoms with Crippen molar-refractivity contribution < 1.29 is 4.74 Å². The standard InChI is InChI=1S/C14H16N4O/c1-9-3-5-10(6-4-9)16-13-11-7-15-8-12(11)17-14(18-13)19-2/h3-6,15H,7-8H2,1-2H3,(H,16,17,18). The van der Waals surface area contributed by atoms with Gasteiger partial charge in [-0.1, -0.05) is 17.7 Å². The average molecular weight is 256 g/mol. The zero-order valence-corrected chi connectivity index (χ0v) is 11.0. The van der Waals surface area contributed by atoms with Crippen LogP contribution in [-0.2, 0) is 13.1 Å². The lowest BCUT2D eigenvalue weighted by molar-refractivity contribution is 0.379. The van der Waals surface area contributed by atoms with Gasteiger partial charge >= 0.3 is 6.01 Å². The van der Waals surface area contributed by atoms with Crippen molar-refractivity contribution in [2.24, 2.45) is 0 Å². The van der Waals surface area contributed by atoms with Crippen molar-refractivity contribution in [3.63, 3.8) is 0 Å². The summed E-state index contributed by atoms with van der Waals surface area (Å²) in [5, 5.41) is 6.61. The number of aryl methyl sites for hydroxylation is 1. The molecule has 1 aliphatic heterocycles. The molecule has 0 saturated carbocycles. The maximum Gasteiger partial charge on any atom is 0.318 e. The van der Waals surface area contributed by atoms with Gasteiger partial charge in [-0.3, -0.25) is 0 Å². The van der Waals surface area contributed by atoms with Crippen molar-refractivity contribution in [2.75, 3.05) is 12.4 Å². The molecule has 0 bridgehead atoms. The predicted molar refractivity (Wildman–Crippen MR) is 73.6 cm³/mol. The van der Waals surface area contributed by atoms with E-state index in [9.17, 15) is 0 Å². The number of benzene rings is 1. The fraction of sp³-hybridized carbons (Fsp3) is 0.286. The zero-order valence-electron chi connectivity index (χ0n) is 11.0. The summed E-state index contributed by atoms with van der Waals surface area (Å²) >= 11 is 0. The lowest BCUT2D eigenvalue weighted by Crippen LogP contribution is -2.04. The van der Waals surface area contributed by atoms with Gasteiger partial charge in [0.25, 0.3) is 0 Å². The first-order valence-electron chi connectivity index (χ1n) is 6.24. The Bertz CT molecular complexity index is 595. The van der Waals surface area contributed by atoms with Crippen molar-refractivity contribution in [1.29, 1.82) is 0 Å². The van der Waals surface area contributed by atoms with Crippen LogP contribution in [0.4, 0.5) is 11.5 Å². The van der Waals surface area contributed by atoms with Gasteiger partial charge < -0.3 is 15.4 Å². The summed E-state index contributed by atoms with van der Waals surface area (Å²) in [7, 11) is 1.58. The molecule has 0 fully saturated rings. The van der Waals surface area contributed by atoms with Gasteiger partial charge in [0, 0.05) is 24.3 Å². The highest BCUT2D eigenvalue weighted by Gasteiger charge is 2.19. The number of rotatable bonds is 3. The number of hydrogen-bond acceptors (Lipinski definition) is 5. The Hall–Kier alpha value is -2.14. The van der Waals surface area contributed by atoms with Crippen molar-refractivity contribution in [2.45, 2.75) is 20.0 Å². The first-order chi connectivity index (χ1) is 9.26. The third kappa shape index (κ3) is 2.37. The van der Waals surface area contributed by atoms with Crippen LogP contribution in [0.5, 0.6) is 6.01 Å². The van der Waals surface area contributed by atoms with E-state index in [1.54, 1.807) is 7.11 Å². The molecule has 5 nitrogen and oxygen atoms in total. The van der Waals surface area contributed by atoms with Crippen LogP contribution in [0.1, 0.15) is 16.8 Å². The van der Waals surface area contributed by atoms with Gasteiger partial charge in [0.2, 0.25) is 0 Å². The summed E-state index contributed by atoms with van der Waals surface area (Å²) in [4.78, 5) is 8.75. The second kappa shape index (κ2) is 4.85. The fourth-order valence-electron chi connectivity index (χ4n) is 2.11. The van der Waals surface area contributed by atoms with E-state index in [0.29, 0.717) is 6.01 Å². The third-order valence-electron chi connectivity index (χ3n) is 3.16. The van der Waals surface area contributed by atoms with E-state index in [0.717, 1.165) is 35.9 Å². The lowest BCUT2D eigenvalue weighted by atomic mass is 10.2. The molecule has 0 amide bonds. The van der Waals surface area contributed by atoms with Gasteiger partial charge in [-0.2, -0.15) is 9.97 Å². The molecule has 19 heavy (non-hydrogen) atoms. The molecule has 2 N–H and O–H groups in total. The number of anilines is 2. The van der Waals surface area contributed by atoms with Crippen molar-refractivity contribution in [3.8, 4) is 6.01 Å². The van der Waals surface area contributed by atoms with Crippen LogP contribution in [0.3, 0.4) is 0 Å². The summed E-state index contributed by atoms with van der Waals surface area (Å²) in [6.45, 7) is 3.61. The van der Waals surface area contributed by atoms with Gasteiger partial charge in [-0.25, -0.2) is 0 Å². The van der Waals surface area contributed by atoms with Gasteiger partial charge in [0.15, 0.2) is 0 Å². The molecule has 1 aromatic heterocycles. The molecular weight excluding hydrogens is 240 g/mol. The normalized spacial score (nSPS) is 13.2. The third-order valence-corrected chi connectivity index (χ3v) is 3.16. The summed E-state index contributed by atoms with van der Waals surface area (Å²) in [5.41, 5.74) is 4.36. The lowest BCUT2D eigenvalue weighted by Gasteiger charge is -2.11. The summed E-state index contributed by atoms with van der Waals surface area (Å²) in [6.07, 6.45) is 0. The van der Waals surface area contributed by atoms with Crippen molar-refractivity contribution in [1.82, 2.24) is 15.3 Å². The number of nitrogens with one attached hydrogen (secondary N) is 2. The van der Waals surface area contributed by atoms with E-state index in [2.05, 4.69) is 39.7 Å². The minimum atomic E-state index is 0.400. The minimum absolute atomic E-state index is 0.400. The maximum absolute atomic E-state index is 5.15. The Labute approximate surface area is 112 Å². The smallest absolute Gasteiger partial charge is 0.318 e. The maximum atomic E-state index is 5.15. The Balaban J connectivity index is 1.95. The van der Waals surface area contributed by atoms with Gasteiger partial charge in [0.05, 0.1) is 12.8 Å². The highest BCUT2D eigenvalue weighted by molar-refractivity contribution is 5.61. The average Bonchev–Trinajstić information content (AvgIpc) is 2.89. The Morgan fingerprint density at radius 1 is 1.16 bits per heavy atom. The first-order valence-corrected chi connectivity index (χ1v) is 6.24. The Kier molecular flexibility index (Phi) is 3.05. The van der Waals surface area contributed by atoms with Crippen LogP contribution in [0, 0.1) is 6.92 Å². The SMILES string of the molecule is COc1nc2c(c(Nc3ccc(C)cc3)n1)CNC2. The summed E-state index contributed by atoms with van der Waals surface area (Å²) < 4.78 is 5.15. The molecule has 0 aliphatic carbocycles. The van der Waals surface area contributed by atoms with Crippen LogP contribution in [-0.4, -0.2) is 17.1 Å². The zero-order chi connectivity index (χ0) is 13.2. The van der Waals surface area contributed by atoms with Crippen LogP contribution in [0.15, 0.2) is 24.3 Å². The second-order valence-corrected chi connectivity index (χ2v) is 4.58. The molecule has 0 spiro atoms. The van der Waals surface area contributed by atoms with E-state index in [1.165, 1.54) is 5.56 Å². The highest BCUT2D eigenvalue weighted by atomic mass is 16.5. The quantitative estimate of drug-likeness (QED) is 0.881. The van der Waals surface area contributed by atoms with Gasteiger partial charge in [0.1, 0.15) is 5.82 Å². The first kappa shape index (κ1) is 11.9. The predicted octanol–water partition coefficient (Wildman–Crippen LogP) is 2.14. The number of fused-ring (bicyclic) bond motifs is 1. The van der Waals surface area contributed by atoms with E-state index in [-0.39, 0.29) is 0 Å². The molecule has 1 aromatic carbocycles. The molecule has 98 valence electrons. The molecule has 5 heteroatoms. The topological polar surface area (TPSA) is 59.1 Å². The van der Waals surface area contributed by atoms with E-state index in [4.69, 9.17) is 4.74 Å². The van der Waals surface area contributed by atoms with Crippen LogP contribution < -0.4 is 15.4 Å². The van der Waals surface area contributed by atoms with E-state index < -0.39 is 0 Å². The van der Waals surface area contributed by atoms with Crippen LogP contribution in [0.2, 0.25) is 0 Å². The number of nitrogens with zero attached hydrogens (tertiary/aromatic N) is 2. The van der Waals surface area contributed by atoms with E-state index >= 15 is 0 Å². The van der Waals surface area contributed by atoms with Crippen molar-refractivity contribution >= 4 is 11.5 Å². The largest absolute Gasteiger partial charge is 0.467 e. The number of aromatic nitrogens is 2. The van der Waals surface area contributed by atoms with Crippen LogP contribution >= 0.6 is 0 Å². The molecule has 1 aliphatic rings. The van der Waals surface area contributed by atoms with Crippen molar-refractivity contribution in [3.05, 3.63) is 41.1 Å². The Morgan fingerprint density at radius 2 is 1.95 bits per heavy atom. The number of methoxy groups -OCH3 is 1. The molecular formula is C14H16N4O. The minimum Gasteiger partial charge on any atom is -0.467 e. The van der Waals surface area contributed by atoms with Crippen LogP contribution in [0.25, 0.3) is 0 Å². The second-order valence-electron chi connectivity index (χ2n) is 4.58. The molecule has 2 heterocycles. The molecule has 0 saturated heterocycles. The summed E-state index contributed by atoms with van der Waals surface area (Å²) in [5.74, 6) is 0.815. The number of hydrogen-bond donors (Lipinski definition) is 2. The molecule has 3 rings (SSSR count).